The zero-order valence-corrected chi connectivity index (χ0v) is 16.0. The van der Waals surface area contributed by atoms with Crippen LogP contribution in [0.5, 0.6) is 0 Å². The second kappa shape index (κ2) is 7.43. The number of aryl methyl sites for hydroxylation is 1. The number of hydrogen-bond acceptors (Lipinski definition) is 4. The molecule has 1 saturated heterocycles. The van der Waals surface area contributed by atoms with Gasteiger partial charge in [0.15, 0.2) is 5.76 Å². The highest BCUT2D eigenvalue weighted by molar-refractivity contribution is 6.42. The third-order valence-electron chi connectivity index (χ3n) is 4.88. The first-order chi connectivity index (χ1) is 12.6. The van der Waals surface area contributed by atoms with E-state index in [1.54, 1.807) is 0 Å². The zero-order valence-electron chi connectivity index (χ0n) is 14.5. The molecule has 0 bridgehead atoms. The van der Waals surface area contributed by atoms with Crippen LogP contribution in [0, 0.1) is 6.92 Å². The average Bonchev–Trinajstić information content (AvgIpc) is 3.27. The molecule has 0 amide bonds. The minimum atomic E-state index is 0.251. The largest absolute Gasteiger partial charge is 0.356 e. The number of rotatable bonds is 4. The second-order valence-corrected chi connectivity index (χ2v) is 7.57. The standard InChI is InChI=1S/C19H20Cl2N4O/c1-12-8-18(26-24-12)14-10-22-23-19(14)17-4-2-3-7-25(17)11-13-5-6-15(20)16(21)9-13/h5-6,8-10,17H,2-4,7,11H2,1H3,(H,22,23). The molecule has 1 aliphatic heterocycles. The van der Waals surface area contributed by atoms with Crippen LogP contribution in [-0.4, -0.2) is 26.8 Å². The van der Waals surface area contributed by atoms with Gasteiger partial charge in [0.2, 0.25) is 0 Å². The van der Waals surface area contributed by atoms with Gasteiger partial charge in [-0.2, -0.15) is 5.10 Å². The molecule has 7 heteroatoms. The van der Waals surface area contributed by atoms with Crippen molar-refractivity contribution in [2.75, 3.05) is 6.54 Å². The summed E-state index contributed by atoms with van der Waals surface area (Å²) in [5.41, 5.74) is 4.09. The third kappa shape index (κ3) is 3.52. The maximum absolute atomic E-state index is 6.19. The molecule has 1 aromatic carbocycles. The van der Waals surface area contributed by atoms with Gasteiger partial charge in [0.25, 0.3) is 0 Å². The van der Waals surface area contributed by atoms with Crippen molar-refractivity contribution in [3.8, 4) is 11.3 Å². The Kier molecular flexibility index (Phi) is 5.02. The summed E-state index contributed by atoms with van der Waals surface area (Å²) in [4.78, 5) is 2.46. The molecule has 136 valence electrons. The van der Waals surface area contributed by atoms with Crippen LogP contribution >= 0.6 is 23.2 Å². The topological polar surface area (TPSA) is 58.0 Å². The first-order valence-electron chi connectivity index (χ1n) is 8.77. The average molecular weight is 391 g/mol. The predicted octanol–water partition coefficient (Wildman–Crippen LogP) is 5.41. The van der Waals surface area contributed by atoms with E-state index in [4.69, 9.17) is 27.7 Å². The maximum Gasteiger partial charge on any atom is 0.170 e. The Morgan fingerprint density at radius 1 is 1.23 bits per heavy atom. The van der Waals surface area contributed by atoms with Gasteiger partial charge in [-0.3, -0.25) is 10.00 Å². The Labute approximate surface area is 162 Å². The lowest BCUT2D eigenvalue weighted by Gasteiger charge is -2.35. The van der Waals surface area contributed by atoms with Crippen molar-refractivity contribution in [2.24, 2.45) is 0 Å². The first-order valence-corrected chi connectivity index (χ1v) is 9.52. The van der Waals surface area contributed by atoms with Gasteiger partial charge in [0.1, 0.15) is 0 Å². The Morgan fingerprint density at radius 2 is 2.12 bits per heavy atom. The van der Waals surface area contributed by atoms with Gasteiger partial charge in [-0.1, -0.05) is 40.8 Å². The van der Waals surface area contributed by atoms with Gasteiger partial charge in [-0.25, -0.2) is 0 Å². The van der Waals surface area contributed by atoms with E-state index in [0.29, 0.717) is 10.0 Å². The summed E-state index contributed by atoms with van der Waals surface area (Å²) in [6, 6.07) is 8.04. The molecule has 0 saturated carbocycles. The number of benzene rings is 1. The third-order valence-corrected chi connectivity index (χ3v) is 5.62. The molecule has 0 spiro atoms. The summed E-state index contributed by atoms with van der Waals surface area (Å²) in [5, 5.41) is 12.7. The summed E-state index contributed by atoms with van der Waals surface area (Å²) in [6.07, 6.45) is 5.27. The smallest absolute Gasteiger partial charge is 0.170 e. The molecule has 5 nitrogen and oxygen atoms in total. The van der Waals surface area contributed by atoms with E-state index in [1.165, 1.54) is 12.8 Å². The lowest BCUT2D eigenvalue weighted by Crippen LogP contribution is -2.33. The molecule has 3 aromatic rings. The molecular formula is C19H20Cl2N4O. The van der Waals surface area contributed by atoms with E-state index < -0.39 is 0 Å². The second-order valence-electron chi connectivity index (χ2n) is 6.76. The molecule has 0 aliphatic carbocycles. The fraction of sp³-hybridized carbons (Fsp3) is 0.368. The molecular weight excluding hydrogens is 371 g/mol. The van der Waals surface area contributed by atoms with E-state index >= 15 is 0 Å². The van der Waals surface area contributed by atoms with Crippen molar-refractivity contribution >= 4 is 23.2 Å². The number of H-pyrrole nitrogens is 1. The van der Waals surface area contributed by atoms with Crippen LogP contribution in [0.4, 0.5) is 0 Å². The van der Waals surface area contributed by atoms with Crippen LogP contribution in [0.25, 0.3) is 11.3 Å². The van der Waals surface area contributed by atoms with Gasteiger partial charge < -0.3 is 4.52 Å². The monoisotopic (exact) mass is 390 g/mol. The van der Waals surface area contributed by atoms with E-state index in [9.17, 15) is 0 Å². The zero-order chi connectivity index (χ0) is 18.1. The predicted molar refractivity (Wildman–Crippen MR) is 102 cm³/mol. The summed E-state index contributed by atoms with van der Waals surface area (Å²) < 4.78 is 5.46. The van der Waals surface area contributed by atoms with Crippen molar-refractivity contribution < 1.29 is 4.52 Å². The van der Waals surface area contributed by atoms with Crippen molar-refractivity contribution in [3.63, 3.8) is 0 Å². The van der Waals surface area contributed by atoms with Crippen molar-refractivity contribution in [1.82, 2.24) is 20.3 Å². The molecule has 26 heavy (non-hydrogen) atoms. The quantitative estimate of drug-likeness (QED) is 0.646. The number of piperidine rings is 1. The van der Waals surface area contributed by atoms with Crippen molar-refractivity contribution in [3.05, 3.63) is 57.5 Å². The highest BCUT2D eigenvalue weighted by atomic mass is 35.5. The van der Waals surface area contributed by atoms with Crippen LogP contribution in [0.15, 0.2) is 35.0 Å². The number of likely N-dealkylation sites (tertiary alicyclic amines) is 1. The molecule has 1 N–H and O–H groups in total. The number of aromatic amines is 1. The van der Waals surface area contributed by atoms with Crippen molar-refractivity contribution in [2.45, 2.75) is 38.8 Å². The van der Waals surface area contributed by atoms with E-state index in [-0.39, 0.29) is 6.04 Å². The number of hydrogen-bond donors (Lipinski definition) is 1. The van der Waals surface area contributed by atoms with E-state index in [0.717, 1.165) is 47.8 Å². The molecule has 0 radical (unpaired) electrons. The lowest BCUT2D eigenvalue weighted by molar-refractivity contribution is 0.137. The van der Waals surface area contributed by atoms with Crippen LogP contribution in [0.3, 0.4) is 0 Å². The van der Waals surface area contributed by atoms with Crippen molar-refractivity contribution in [1.29, 1.82) is 0 Å². The van der Waals surface area contributed by atoms with Gasteiger partial charge >= 0.3 is 0 Å². The Hall–Kier alpha value is -1.82. The molecule has 1 fully saturated rings. The molecule has 1 unspecified atom stereocenters. The van der Waals surface area contributed by atoms with E-state index in [2.05, 4.69) is 20.3 Å². The fourth-order valence-electron chi connectivity index (χ4n) is 3.62. The Balaban J connectivity index is 1.62. The number of aromatic nitrogens is 3. The van der Waals surface area contributed by atoms with Gasteiger partial charge in [0, 0.05) is 12.6 Å². The minimum absolute atomic E-state index is 0.251. The number of nitrogens with one attached hydrogen (secondary N) is 1. The van der Waals surface area contributed by atoms with Gasteiger partial charge in [-0.05, 0) is 44.0 Å². The number of nitrogens with zero attached hydrogens (tertiary/aromatic N) is 3. The minimum Gasteiger partial charge on any atom is -0.356 e. The molecule has 3 heterocycles. The van der Waals surface area contributed by atoms with E-state index in [1.807, 2.05) is 37.4 Å². The summed E-state index contributed by atoms with van der Waals surface area (Å²) in [7, 11) is 0. The highest BCUT2D eigenvalue weighted by Crippen LogP contribution is 2.37. The maximum atomic E-state index is 6.19. The summed E-state index contributed by atoms with van der Waals surface area (Å²) in [5.74, 6) is 0.756. The van der Waals surface area contributed by atoms with Gasteiger partial charge in [-0.15, -0.1) is 0 Å². The lowest BCUT2D eigenvalue weighted by atomic mass is 9.95. The molecule has 1 atom stereocenters. The van der Waals surface area contributed by atoms with Crippen LogP contribution in [0.1, 0.15) is 42.3 Å². The normalized spacial score (nSPS) is 18.3. The molecule has 2 aromatic heterocycles. The fourth-order valence-corrected chi connectivity index (χ4v) is 3.94. The van der Waals surface area contributed by atoms with Gasteiger partial charge in [0.05, 0.1) is 39.2 Å². The number of halogens is 2. The molecule has 1 aliphatic rings. The van der Waals surface area contributed by atoms with Crippen LogP contribution in [-0.2, 0) is 6.54 Å². The molecule has 4 rings (SSSR count). The highest BCUT2D eigenvalue weighted by Gasteiger charge is 2.28. The van der Waals surface area contributed by atoms with Crippen LogP contribution < -0.4 is 0 Å². The summed E-state index contributed by atoms with van der Waals surface area (Å²) in [6.45, 7) is 3.76. The SMILES string of the molecule is Cc1cc(-c2cn[nH]c2C2CCCCN2Cc2ccc(Cl)c(Cl)c2)on1. The summed E-state index contributed by atoms with van der Waals surface area (Å²) >= 11 is 12.2. The Bertz CT molecular complexity index is 905. The Morgan fingerprint density at radius 3 is 2.88 bits per heavy atom. The van der Waals surface area contributed by atoms with Crippen LogP contribution in [0.2, 0.25) is 10.0 Å². The first kappa shape index (κ1) is 17.6.